The Kier molecular flexibility index (Phi) is 5.48. The van der Waals surface area contributed by atoms with Gasteiger partial charge in [0.25, 0.3) is 5.78 Å². The number of hydrogen-bond donors (Lipinski definition) is 1. The van der Waals surface area contributed by atoms with Crippen LogP contribution in [0.5, 0.6) is 0 Å². The molecule has 3 heterocycles. The standard InChI is InChI=1S/C24H21N3O4S/c1-12-5-6-13(2)17(11-12)20(29)18-19(16-7-9-25-10-8-16)27(23(31)21(18)30)24-26-14(3)22(32-24)15(4)28/h5-11,19,29H,1-4H3/b20-18+. The van der Waals surface area contributed by atoms with Crippen molar-refractivity contribution in [2.24, 2.45) is 0 Å². The number of hydrogen-bond acceptors (Lipinski definition) is 7. The summed E-state index contributed by atoms with van der Waals surface area (Å²) in [5.74, 6) is -2.02. The largest absolute Gasteiger partial charge is 0.507 e. The Morgan fingerprint density at radius 3 is 2.41 bits per heavy atom. The molecule has 1 amide bonds. The fraction of sp³-hybridized carbons (Fsp3) is 0.208. The van der Waals surface area contributed by atoms with Crippen LogP contribution in [0.3, 0.4) is 0 Å². The lowest BCUT2D eigenvalue weighted by Gasteiger charge is -2.23. The second-order valence-corrected chi connectivity index (χ2v) is 8.71. The summed E-state index contributed by atoms with van der Waals surface area (Å²) in [5.41, 5.74) is 3.24. The summed E-state index contributed by atoms with van der Waals surface area (Å²) in [6, 6.07) is 8.02. The first kappa shape index (κ1) is 21.6. The van der Waals surface area contributed by atoms with E-state index in [0.29, 0.717) is 21.7 Å². The van der Waals surface area contributed by atoms with Gasteiger partial charge in [-0.3, -0.25) is 24.3 Å². The lowest BCUT2D eigenvalue weighted by molar-refractivity contribution is -0.132. The average Bonchev–Trinajstić information content (AvgIpc) is 3.27. The number of rotatable bonds is 4. The quantitative estimate of drug-likeness (QED) is 0.277. The number of aliphatic hydroxyl groups is 1. The maximum Gasteiger partial charge on any atom is 0.301 e. The number of thiazole rings is 1. The van der Waals surface area contributed by atoms with Crippen molar-refractivity contribution in [1.82, 2.24) is 9.97 Å². The highest BCUT2D eigenvalue weighted by Gasteiger charge is 2.48. The zero-order valence-electron chi connectivity index (χ0n) is 18.0. The number of nitrogens with zero attached hydrogens (tertiary/aromatic N) is 3. The van der Waals surface area contributed by atoms with E-state index in [1.165, 1.54) is 11.8 Å². The van der Waals surface area contributed by atoms with Gasteiger partial charge in [-0.1, -0.05) is 29.0 Å². The molecule has 1 aliphatic rings. The van der Waals surface area contributed by atoms with Crippen LogP contribution in [0, 0.1) is 20.8 Å². The van der Waals surface area contributed by atoms with Gasteiger partial charge in [0.05, 0.1) is 22.2 Å². The molecule has 4 rings (SSSR count). The van der Waals surface area contributed by atoms with E-state index in [1.807, 2.05) is 26.0 Å². The smallest absolute Gasteiger partial charge is 0.301 e. The molecule has 0 saturated carbocycles. The number of carbonyl (C=O) groups is 3. The van der Waals surface area contributed by atoms with Crippen LogP contribution in [0.2, 0.25) is 0 Å². The SMILES string of the molecule is CC(=O)c1sc(N2C(=O)C(=O)/C(=C(/O)c3cc(C)ccc3C)C2c2ccncc2)nc1C. The van der Waals surface area contributed by atoms with E-state index in [9.17, 15) is 19.5 Å². The van der Waals surface area contributed by atoms with E-state index >= 15 is 0 Å². The maximum atomic E-state index is 13.2. The molecule has 7 nitrogen and oxygen atoms in total. The number of amides is 1. The number of carbonyl (C=O) groups excluding carboxylic acids is 3. The summed E-state index contributed by atoms with van der Waals surface area (Å²) in [6.45, 7) is 6.83. The minimum atomic E-state index is -0.900. The molecule has 0 radical (unpaired) electrons. The van der Waals surface area contributed by atoms with Crippen molar-refractivity contribution >= 4 is 39.7 Å². The molecule has 0 bridgehead atoms. The highest BCUT2D eigenvalue weighted by atomic mass is 32.1. The summed E-state index contributed by atoms with van der Waals surface area (Å²) in [6.07, 6.45) is 3.11. The number of Topliss-reactive ketones (excluding diaryl/α,β-unsaturated/α-hetero) is 2. The molecule has 1 N–H and O–H groups in total. The summed E-state index contributed by atoms with van der Waals surface area (Å²) in [4.78, 5) is 48.4. The van der Waals surface area contributed by atoms with Gasteiger partial charge < -0.3 is 5.11 Å². The predicted molar refractivity (Wildman–Crippen MR) is 122 cm³/mol. The van der Waals surface area contributed by atoms with Crippen molar-refractivity contribution in [2.45, 2.75) is 33.7 Å². The van der Waals surface area contributed by atoms with Crippen molar-refractivity contribution in [1.29, 1.82) is 0 Å². The van der Waals surface area contributed by atoms with Crippen molar-refractivity contribution in [2.75, 3.05) is 4.90 Å². The number of ketones is 2. The third kappa shape index (κ3) is 3.52. The Hall–Kier alpha value is -3.65. The van der Waals surface area contributed by atoms with Gasteiger partial charge in [-0.25, -0.2) is 4.98 Å². The van der Waals surface area contributed by atoms with Crippen molar-refractivity contribution < 1.29 is 19.5 Å². The predicted octanol–water partition coefficient (Wildman–Crippen LogP) is 4.29. The normalized spacial score (nSPS) is 17.8. The van der Waals surface area contributed by atoms with E-state index in [-0.39, 0.29) is 22.2 Å². The zero-order chi connectivity index (χ0) is 23.2. The molecule has 1 atom stereocenters. The average molecular weight is 448 g/mol. The van der Waals surface area contributed by atoms with E-state index in [2.05, 4.69) is 9.97 Å². The minimum Gasteiger partial charge on any atom is -0.507 e. The van der Waals surface area contributed by atoms with Crippen molar-refractivity contribution in [3.05, 3.63) is 81.1 Å². The molecule has 0 aliphatic carbocycles. The van der Waals surface area contributed by atoms with Crippen LogP contribution in [-0.2, 0) is 9.59 Å². The summed E-state index contributed by atoms with van der Waals surface area (Å²) in [7, 11) is 0. The van der Waals surface area contributed by atoms with Gasteiger partial charge in [0, 0.05) is 24.9 Å². The van der Waals surface area contributed by atoms with E-state index in [1.54, 1.807) is 37.5 Å². The van der Waals surface area contributed by atoms with Gasteiger partial charge in [0.2, 0.25) is 0 Å². The highest BCUT2D eigenvalue weighted by Crippen LogP contribution is 2.44. The second kappa shape index (κ2) is 8.12. The zero-order valence-corrected chi connectivity index (χ0v) is 18.9. The molecule has 1 saturated heterocycles. The van der Waals surface area contributed by atoms with Gasteiger partial charge in [0.1, 0.15) is 5.76 Å². The Morgan fingerprint density at radius 2 is 1.78 bits per heavy atom. The molecule has 1 fully saturated rings. The number of benzene rings is 1. The molecular formula is C24H21N3O4S. The molecule has 32 heavy (non-hydrogen) atoms. The maximum absolute atomic E-state index is 13.2. The van der Waals surface area contributed by atoms with Gasteiger partial charge in [-0.2, -0.15) is 0 Å². The first-order valence-corrected chi connectivity index (χ1v) is 10.8. The molecule has 8 heteroatoms. The lowest BCUT2D eigenvalue weighted by Crippen LogP contribution is -2.29. The highest BCUT2D eigenvalue weighted by molar-refractivity contribution is 7.18. The number of aliphatic hydroxyl groups excluding tert-OH is 1. The van der Waals surface area contributed by atoms with Crippen LogP contribution in [0.4, 0.5) is 5.13 Å². The lowest BCUT2D eigenvalue weighted by atomic mass is 9.94. The Balaban J connectivity index is 1.97. The molecule has 162 valence electrons. The fourth-order valence-corrected chi connectivity index (χ4v) is 4.83. The third-order valence-electron chi connectivity index (χ3n) is 5.43. The van der Waals surface area contributed by atoms with Crippen molar-refractivity contribution in [3.63, 3.8) is 0 Å². The molecule has 3 aromatic rings. The minimum absolute atomic E-state index is 0.0212. The number of aromatic nitrogens is 2. The molecule has 2 aromatic heterocycles. The molecule has 0 spiro atoms. The van der Waals surface area contributed by atoms with Crippen LogP contribution in [0.25, 0.3) is 5.76 Å². The molecule has 1 unspecified atom stereocenters. The number of pyridine rings is 1. The second-order valence-electron chi connectivity index (χ2n) is 7.74. The van der Waals surface area contributed by atoms with E-state index in [4.69, 9.17) is 0 Å². The summed E-state index contributed by atoms with van der Waals surface area (Å²) < 4.78 is 0. The fourth-order valence-electron chi connectivity index (χ4n) is 3.84. The Bertz CT molecular complexity index is 1290. The van der Waals surface area contributed by atoms with E-state index < -0.39 is 17.7 Å². The summed E-state index contributed by atoms with van der Waals surface area (Å²) >= 11 is 1.06. The first-order valence-electron chi connectivity index (χ1n) is 9.97. The van der Waals surface area contributed by atoms with Crippen LogP contribution < -0.4 is 4.90 Å². The summed E-state index contributed by atoms with van der Waals surface area (Å²) in [5, 5.41) is 11.5. The monoisotopic (exact) mass is 447 g/mol. The van der Waals surface area contributed by atoms with Gasteiger partial charge in [-0.15, -0.1) is 0 Å². The van der Waals surface area contributed by atoms with E-state index in [0.717, 1.165) is 22.5 Å². The molecule has 1 aromatic carbocycles. The van der Waals surface area contributed by atoms with Gasteiger partial charge >= 0.3 is 5.91 Å². The first-order chi connectivity index (χ1) is 15.2. The van der Waals surface area contributed by atoms with Crippen LogP contribution >= 0.6 is 11.3 Å². The number of aryl methyl sites for hydroxylation is 3. The third-order valence-corrected chi connectivity index (χ3v) is 6.68. The van der Waals surface area contributed by atoms with Crippen LogP contribution in [0.1, 0.15) is 50.6 Å². The topological polar surface area (TPSA) is 100 Å². The van der Waals surface area contributed by atoms with Crippen molar-refractivity contribution in [3.8, 4) is 0 Å². The van der Waals surface area contributed by atoms with Gasteiger partial charge in [0.15, 0.2) is 10.9 Å². The molecule has 1 aliphatic heterocycles. The van der Waals surface area contributed by atoms with Gasteiger partial charge in [-0.05, 0) is 50.1 Å². The Morgan fingerprint density at radius 1 is 1.09 bits per heavy atom. The number of anilines is 1. The van der Waals surface area contributed by atoms with Crippen LogP contribution in [0.15, 0.2) is 48.3 Å². The van der Waals surface area contributed by atoms with Crippen LogP contribution in [-0.4, -0.2) is 32.5 Å². The molecular weight excluding hydrogens is 426 g/mol. The Labute approximate surface area is 189 Å².